The van der Waals surface area contributed by atoms with Crippen LogP contribution in [0.5, 0.6) is 5.88 Å². The number of rotatable bonds is 11. The highest BCUT2D eigenvalue weighted by Gasteiger charge is 2.37. The molecular formula is C27H38N4O4S. The minimum atomic E-state index is -0.554. The number of hydrogen-bond donors (Lipinski definition) is 1. The molecule has 36 heavy (non-hydrogen) atoms. The molecule has 1 aliphatic rings. The Bertz CT molecular complexity index is 1130. The van der Waals surface area contributed by atoms with Crippen LogP contribution in [0.1, 0.15) is 45.7 Å². The summed E-state index contributed by atoms with van der Waals surface area (Å²) in [5.74, 6) is 0.912. The van der Waals surface area contributed by atoms with Gasteiger partial charge in [-0.05, 0) is 46.4 Å². The molecule has 2 aromatic heterocycles. The zero-order valence-corrected chi connectivity index (χ0v) is 22.9. The minimum absolute atomic E-state index is 0.00980. The number of nitrogens with one attached hydrogen (secondary N) is 1. The Morgan fingerprint density at radius 3 is 2.67 bits per heavy atom. The van der Waals surface area contributed by atoms with Gasteiger partial charge in [0.2, 0.25) is 5.88 Å². The normalized spacial score (nSPS) is 18.6. The van der Waals surface area contributed by atoms with E-state index in [4.69, 9.17) is 18.9 Å². The average molecular weight is 515 g/mol. The van der Waals surface area contributed by atoms with Gasteiger partial charge >= 0.3 is 0 Å². The maximum absolute atomic E-state index is 6.21. The van der Waals surface area contributed by atoms with Crippen molar-refractivity contribution in [2.75, 3.05) is 18.6 Å². The molecule has 0 aliphatic carbocycles. The third-order valence-corrected chi connectivity index (χ3v) is 6.51. The summed E-state index contributed by atoms with van der Waals surface area (Å²) < 4.78 is 26.3. The van der Waals surface area contributed by atoms with Gasteiger partial charge in [0.1, 0.15) is 35.8 Å². The second kappa shape index (κ2) is 11.5. The van der Waals surface area contributed by atoms with E-state index < -0.39 is 11.4 Å². The van der Waals surface area contributed by atoms with Gasteiger partial charge in [0, 0.05) is 30.1 Å². The standard InChI is InChI=1S/C27H38N4O4S/c1-26(2,3)35-25-24-23(29-17-30-25)20(13-31(24)18-32-14-19-10-8-7-9-11-19)12-28-21(16-36-6)22-15-33-27(4,5)34-22/h7-11,13,17,21-22,28H,12,14-16,18H2,1-6H3/t21-,22-/m1/s1. The smallest absolute Gasteiger partial charge is 0.242 e. The fourth-order valence-electron chi connectivity index (χ4n) is 4.23. The topological polar surface area (TPSA) is 79.7 Å². The lowest BCUT2D eigenvalue weighted by atomic mass is 10.2. The summed E-state index contributed by atoms with van der Waals surface area (Å²) in [6.07, 6.45) is 5.75. The summed E-state index contributed by atoms with van der Waals surface area (Å²) in [7, 11) is 0. The number of nitrogens with zero attached hydrogens (tertiary/aromatic N) is 3. The van der Waals surface area contributed by atoms with Crippen LogP contribution in [0.25, 0.3) is 11.0 Å². The first-order valence-electron chi connectivity index (χ1n) is 12.3. The summed E-state index contributed by atoms with van der Waals surface area (Å²) >= 11 is 1.79. The van der Waals surface area contributed by atoms with Crippen LogP contribution in [0.15, 0.2) is 42.9 Å². The van der Waals surface area contributed by atoms with Gasteiger partial charge in [0.15, 0.2) is 5.79 Å². The van der Waals surface area contributed by atoms with Crippen molar-refractivity contribution >= 4 is 22.8 Å². The molecule has 1 saturated heterocycles. The molecule has 0 unspecified atom stereocenters. The van der Waals surface area contributed by atoms with Crippen molar-refractivity contribution in [1.82, 2.24) is 19.9 Å². The van der Waals surface area contributed by atoms with E-state index in [0.29, 0.717) is 32.4 Å². The first-order valence-corrected chi connectivity index (χ1v) is 13.7. The van der Waals surface area contributed by atoms with Gasteiger partial charge in [-0.2, -0.15) is 16.7 Å². The summed E-state index contributed by atoms with van der Waals surface area (Å²) in [6, 6.07) is 10.3. The molecule has 0 saturated carbocycles. The van der Waals surface area contributed by atoms with E-state index in [0.717, 1.165) is 27.9 Å². The van der Waals surface area contributed by atoms with E-state index in [9.17, 15) is 0 Å². The van der Waals surface area contributed by atoms with Crippen molar-refractivity contribution < 1.29 is 18.9 Å². The monoisotopic (exact) mass is 514 g/mol. The lowest BCUT2D eigenvalue weighted by Crippen LogP contribution is -2.43. The quantitative estimate of drug-likeness (QED) is 0.393. The first-order chi connectivity index (χ1) is 17.1. The third-order valence-electron chi connectivity index (χ3n) is 5.82. The molecule has 1 aromatic carbocycles. The van der Waals surface area contributed by atoms with Gasteiger partial charge in [-0.1, -0.05) is 30.3 Å². The zero-order valence-electron chi connectivity index (χ0n) is 22.1. The van der Waals surface area contributed by atoms with Crippen molar-refractivity contribution in [1.29, 1.82) is 0 Å². The number of benzene rings is 1. The highest BCUT2D eigenvalue weighted by Crippen LogP contribution is 2.30. The molecule has 2 atom stereocenters. The Morgan fingerprint density at radius 1 is 1.22 bits per heavy atom. The second-order valence-electron chi connectivity index (χ2n) is 10.5. The van der Waals surface area contributed by atoms with E-state index in [1.807, 2.05) is 57.4 Å². The van der Waals surface area contributed by atoms with Gasteiger partial charge in [-0.25, -0.2) is 4.98 Å². The second-order valence-corrected chi connectivity index (χ2v) is 11.4. The van der Waals surface area contributed by atoms with Crippen LogP contribution in [-0.4, -0.2) is 56.7 Å². The predicted octanol–water partition coefficient (Wildman–Crippen LogP) is 4.76. The van der Waals surface area contributed by atoms with Crippen LogP contribution >= 0.6 is 11.8 Å². The summed E-state index contributed by atoms with van der Waals surface area (Å²) in [6.45, 7) is 12.0. The highest BCUT2D eigenvalue weighted by molar-refractivity contribution is 7.98. The van der Waals surface area contributed by atoms with E-state index in [-0.39, 0.29) is 12.1 Å². The summed E-state index contributed by atoms with van der Waals surface area (Å²) in [4.78, 5) is 9.10. The van der Waals surface area contributed by atoms with E-state index in [1.165, 1.54) is 0 Å². The molecule has 0 bridgehead atoms. The molecule has 3 heterocycles. The van der Waals surface area contributed by atoms with Crippen LogP contribution in [0.4, 0.5) is 0 Å². The molecule has 0 radical (unpaired) electrons. The predicted molar refractivity (Wildman–Crippen MR) is 143 cm³/mol. The molecule has 1 fully saturated rings. The molecule has 1 aliphatic heterocycles. The van der Waals surface area contributed by atoms with Gasteiger partial charge in [-0.3, -0.25) is 0 Å². The average Bonchev–Trinajstić information content (AvgIpc) is 3.36. The third kappa shape index (κ3) is 6.98. The van der Waals surface area contributed by atoms with E-state index >= 15 is 0 Å². The SMILES string of the molecule is CSC[C@@H](NCc1cn(COCc2ccccc2)c2c(OC(C)(C)C)ncnc12)[C@H]1COC(C)(C)O1. The first kappa shape index (κ1) is 26.9. The van der Waals surface area contributed by atoms with Gasteiger partial charge in [-0.15, -0.1) is 0 Å². The van der Waals surface area contributed by atoms with Crippen molar-refractivity contribution in [2.24, 2.45) is 0 Å². The number of thioether (sulfide) groups is 1. The molecule has 196 valence electrons. The molecule has 0 amide bonds. The lowest BCUT2D eigenvalue weighted by molar-refractivity contribution is -0.141. The number of hydrogen-bond acceptors (Lipinski definition) is 8. The summed E-state index contributed by atoms with van der Waals surface area (Å²) in [5, 5.41) is 3.69. The minimum Gasteiger partial charge on any atom is -0.470 e. The number of fused-ring (bicyclic) bond motifs is 1. The molecule has 1 N–H and O–H groups in total. The fourth-order valence-corrected chi connectivity index (χ4v) is 4.93. The highest BCUT2D eigenvalue weighted by atomic mass is 32.2. The van der Waals surface area contributed by atoms with Crippen LogP contribution in [0.3, 0.4) is 0 Å². The number of ether oxygens (including phenoxy) is 4. The molecule has 9 heteroatoms. The van der Waals surface area contributed by atoms with Crippen molar-refractivity contribution in [3.8, 4) is 5.88 Å². The Kier molecular flexibility index (Phi) is 8.57. The zero-order chi connectivity index (χ0) is 25.8. The Balaban J connectivity index is 1.57. The maximum Gasteiger partial charge on any atom is 0.242 e. The Hall–Kier alpha value is -2.17. The van der Waals surface area contributed by atoms with E-state index in [2.05, 4.69) is 39.9 Å². The van der Waals surface area contributed by atoms with Crippen LogP contribution in [0, 0.1) is 0 Å². The number of aromatic nitrogens is 3. The van der Waals surface area contributed by atoms with Gasteiger partial charge < -0.3 is 28.8 Å². The van der Waals surface area contributed by atoms with Gasteiger partial charge in [0.25, 0.3) is 0 Å². The molecule has 3 aromatic rings. The van der Waals surface area contributed by atoms with E-state index in [1.54, 1.807) is 18.1 Å². The molecule has 4 rings (SSSR count). The lowest BCUT2D eigenvalue weighted by Gasteiger charge is -2.24. The Labute approximate surface area is 218 Å². The Morgan fingerprint density at radius 2 is 2.00 bits per heavy atom. The fraction of sp³-hybridized carbons (Fsp3) is 0.556. The molecular weight excluding hydrogens is 476 g/mol. The van der Waals surface area contributed by atoms with Crippen molar-refractivity contribution in [2.45, 2.75) is 78.0 Å². The van der Waals surface area contributed by atoms with Crippen molar-refractivity contribution in [3.05, 3.63) is 54.0 Å². The molecule has 0 spiro atoms. The van der Waals surface area contributed by atoms with Crippen LogP contribution < -0.4 is 10.1 Å². The molecule has 8 nitrogen and oxygen atoms in total. The maximum atomic E-state index is 6.21. The van der Waals surface area contributed by atoms with Crippen LogP contribution in [-0.2, 0) is 34.1 Å². The summed E-state index contributed by atoms with van der Waals surface area (Å²) in [5.41, 5.74) is 3.47. The van der Waals surface area contributed by atoms with Gasteiger partial charge in [0.05, 0.1) is 13.2 Å². The van der Waals surface area contributed by atoms with Crippen LogP contribution in [0.2, 0.25) is 0 Å². The largest absolute Gasteiger partial charge is 0.470 e. The van der Waals surface area contributed by atoms with Crippen molar-refractivity contribution in [3.63, 3.8) is 0 Å².